The lowest BCUT2D eigenvalue weighted by atomic mass is 10.1. The molecule has 1 amide bonds. The van der Waals surface area contributed by atoms with Gasteiger partial charge in [-0.25, -0.2) is 0 Å². The second-order valence-corrected chi connectivity index (χ2v) is 5.79. The Morgan fingerprint density at radius 1 is 1.27 bits per heavy atom. The van der Waals surface area contributed by atoms with Crippen molar-refractivity contribution in [1.29, 1.82) is 0 Å². The SMILES string of the molecule is CC[C@@H](C)c1nnc(NC(=O)c2ccc(OC)c(OC)c2)s1. The number of methoxy groups -OCH3 is 2. The first-order chi connectivity index (χ1) is 10.6. The second-order valence-electron chi connectivity index (χ2n) is 4.78. The molecule has 1 N–H and O–H groups in total. The Bertz CT molecular complexity index is 657. The maximum atomic E-state index is 12.3. The lowest BCUT2D eigenvalue weighted by molar-refractivity contribution is 0.102. The van der Waals surface area contributed by atoms with Crippen molar-refractivity contribution in [1.82, 2.24) is 10.2 Å². The van der Waals surface area contributed by atoms with E-state index in [0.29, 0.717) is 28.1 Å². The van der Waals surface area contributed by atoms with E-state index in [1.165, 1.54) is 18.4 Å². The number of rotatable bonds is 6. The number of hydrogen-bond donors (Lipinski definition) is 1. The summed E-state index contributed by atoms with van der Waals surface area (Å²) >= 11 is 1.40. The first-order valence-corrected chi connectivity index (χ1v) is 7.77. The van der Waals surface area contributed by atoms with E-state index in [-0.39, 0.29) is 5.91 Å². The van der Waals surface area contributed by atoms with Crippen molar-refractivity contribution in [2.75, 3.05) is 19.5 Å². The van der Waals surface area contributed by atoms with E-state index >= 15 is 0 Å². The molecule has 6 nitrogen and oxygen atoms in total. The van der Waals surface area contributed by atoms with Gasteiger partial charge in [0.25, 0.3) is 5.91 Å². The number of amides is 1. The summed E-state index contributed by atoms with van der Waals surface area (Å²) < 4.78 is 10.4. The lowest BCUT2D eigenvalue weighted by Gasteiger charge is -2.09. The first-order valence-electron chi connectivity index (χ1n) is 6.95. The third-order valence-corrected chi connectivity index (χ3v) is 4.41. The Labute approximate surface area is 133 Å². The lowest BCUT2D eigenvalue weighted by Crippen LogP contribution is -2.12. The molecular formula is C15H19N3O3S. The molecule has 118 valence electrons. The highest BCUT2D eigenvalue weighted by molar-refractivity contribution is 7.15. The Morgan fingerprint density at radius 2 is 2.00 bits per heavy atom. The molecule has 0 saturated carbocycles. The van der Waals surface area contributed by atoms with E-state index in [1.807, 2.05) is 0 Å². The van der Waals surface area contributed by atoms with Gasteiger partial charge in [0.1, 0.15) is 5.01 Å². The van der Waals surface area contributed by atoms with Crippen LogP contribution >= 0.6 is 11.3 Å². The van der Waals surface area contributed by atoms with Crippen LogP contribution in [0.15, 0.2) is 18.2 Å². The summed E-state index contributed by atoms with van der Waals surface area (Å²) in [6.45, 7) is 4.18. The molecule has 0 spiro atoms. The summed E-state index contributed by atoms with van der Waals surface area (Å²) in [5.41, 5.74) is 0.470. The number of ether oxygens (including phenoxy) is 2. The fraction of sp³-hybridized carbons (Fsp3) is 0.400. The molecular weight excluding hydrogens is 302 g/mol. The average molecular weight is 321 g/mol. The fourth-order valence-corrected chi connectivity index (χ4v) is 2.68. The largest absolute Gasteiger partial charge is 0.493 e. The number of hydrogen-bond acceptors (Lipinski definition) is 6. The van der Waals surface area contributed by atoms with Gasteiger partial charge in [0.15, 0.2) is 11.5 Å². The number of anilines is 1. The van der Waals surface area contributed by atoms with Gasteiger partial charge in [-0.15, -0.1) is 10.2 Å². The highest BCUT2D eigenvalue weighted by Crippen LogP contribution is 2.29. The van der Waals surface area contributed by atoms with Crippen LogP contribution in [-0.2, 0) is 0 Å². The van der Waals surface area contributed by atoms with Gasteiger partial charge in [0.05, 0.1) is 14.2 Å². The van der Waals surface area contributed by atoms with E-state index < -0.39 is 0 Å². The second kappa shape index (κ2) is 7.22. The molecule has 1 atom stereocenters. The fourth-order valence-electron chi connectivity index (χ4n) is 1.81. The van der Waals surface area contributed by atoms with Crippen molar-refractivity contribution in [3.8, 4) is 11.5 Å². The minimum Gasteiger partial charge on any atom is -0.493 e. The minimum atomic E-state index is -0.257. The normalized spacial score (nSPS) is 11.8. The van der Waals surface area contributed by atoms with Gasteiger partial charge in [-0.2, -0.15) is 0 Å². The molecule has 2 aromatic rings. The summed E-state index contributed by atoms with van der Waals surface area (Å²) in [4.78, 5) is 12.3. The highest BCUT2D eigenvalue weighted by Gasteiger charge is 2.15. The molecule has 0 bridgehead atoms. The Balaban J connectivity index is 2.13. The van der Waals surface area contributed by atoms with Gasteiger partial charge in [0, 0.05) is 11.5 Å². The number of aromatic nitrogens is 2. The van der Waals surface area contributed by atoms with Crippen molar-refractivity contribution in [2.45, 2.75) is 26.2 Å². The Kier molecular flexibility index (Phi) is 5.32. The van der Waals surface area contributed by atoms with Gasteiger partial charge in [-0.05, 0) is 24.6 Å². The third kappa shape index (κ3) is 3.54. The molecule has 0 aliphatic carbocycles. The van der Waals surface area contributed by atoms with Crippen LogP contribution in [0.4, 0.5) is 5.13 Å². The number of nitrogens with zero attached hydrogens (tertiary/aromatic N) is 2. The molecule has 0 unspecified atom stereocenters. The summed E-state index contributed by atoms with van der Waals surface area (Å²) in [5, 5.41) is 12.3. The molecule has 0 aliphatic heterocycles. The summed E-state index contributed by atoms with van der Waals surface area (Å²) in [7, 11) is 3.08. The average Bonchev–Trinajstić information content (AvgIpc) is 3.01. The van der Waals surface area contributed by atoms with E-state index in [2.05, 4.69) is 29.4 Å². The van der Waals surface area contributed by atoms with Crippen LogP contribution in [0.3, 0.4) is 0 Å². The summed E-state index contributed by atoms with van der Waals surface area (Å²) in [6, 6.07) is 5.00. The molecule has 1 aromatic heterocycles. The monoisotopic (exact) mass is 321 g/mol. The minimum absolute atomic E-state index is 0.257. The van der Waals surface area contributed by atoms with E-state index in [1.54, 1.807) is 25.3 Å². The molecule has 7 heteroatoms. The van der Waals surface area contributed by atoms with Gasteiger partial charge < -0.3 is 9.47 Å². The maximum Gasteiger partial charge on any atom is 0.257 e. The van der Waals surface area contributed by atoms with Crippen molar-refractivity contribution < 1.29 is 14.3 Å². The molecule has 2 rings (SSSR count). The molecule has 1 aromatic carbocycles. The number of carbonyl (C=O) groups excluding carboxylic acids is 1. The molecule has 0 radical (unpaired) electrons. The quantitative estimate of drug-likeness (QED) is 0.883. The van der Waals surface area contributed by atoms with Crippen molar-refractivity contribution in [3.63, 3.8) is 0 Å². The maximum absolute atomic E-state index is 12.3. The van der Waals surface area contributed by atoms with Crippen LogP contribution < -0.4 is 14.8 Å². The van der Waals surface area contributed by atoms with Crippen LogP contribution in [-0.4, -0.2) is 30.3 Å². The van der Waals surface area contributed by atoms with Crippen molar-refractivity contribution in [3.05, 3.63) is 28.8 Å². The van der Waals surface area contributed by atoms with Crippen LogP contribution in [0.1, 0.15) is 41.6 Å². The van der Waals surface area contributed by atoms with Gasteiger partial charge >= 0.3 is 0 Å². The molecule has 0 aliphatic rings. The molecule has 0 saturated heterocycles. The first kappa shape index (κ1) is 16.2. The molecule has 22 heavy (non-hydrogen) atoms. The Hall–Kier alpha value is -2.15. The molecule has 0 fully saturated rings. The van der Waals surface area contributed by atoms with Gasteiger partial charge in [-0.1, -0.05) is 25.2 Å². The van der Waals surface area contributed by atoms with Gasteiger partial charge in [-0.3, -0.25) is 10.1 Å². The van der Waals surface area contributed by atoms with Crippen LogP contribution in [0.5, 0.6) is 11.5 Å². The predicted molar refractivity (Wildman–Crippen MR) is 86.1 cm³/mol. The number of carbonyl (C=O) groups is 1. The van der Waals surface area contributed by atoms with Crippen molar-refractivity contribution in [2.24, 2.45) is 0 Å². The van der Waals surface area contributed by atoms with Crippen molar-refractivity contribution >= 4 is 22.4 Å². The van der Waals surface area contributed by atoms with Gasteiger partial charge in [0.2, 0.25) is 5.13 Å². The molecule has 1 heterocycles. The smallest absolute Gasteiger partial charge is 0.257 e. The number of benzene rings is 1. The van der Waals surface area contributed by atoms with E-state index in [9.17, 15) is 4.79 Å². The zero-order valence-electron chi connectivity index (χ0n) is 13.0. The standard InChI is InChI=1S/C15H19N3O3S/c1-5-9(2)14-17-18-15(22-14)16-13(19)10-6-7-11(20-3)12(8-10)21-4/h6-9H,5H2,1-4H3,(H,16,18,19)/t9-/m1/s1. The van der Waals surface area contributed by atoms with Crippen LogP contribution in [0.25, 0.3) is 0 Å². The predicted octanol–water partition coefficient (Wildman–Crippen LogP) is 3.32. The topological polar surface area (TPSA) is 73.3 Å². The zero-order chi connectivity index (χ0) is 16.1. The van der Waals surface area contributed by atoms with Crippen LogP contribution in [0, 0.1) is 0 Å². The van der Waals surface area contributed by atoms with E-state index in [0.717, 1.165) is 11.4 Å². The third-order valence-electron chi connectivity index (χ3n) is 3.34. The summed E-state index contributed by atoms with van der Waals surface area (Å²) in [5.74, 6) is 1.17. The summed E-state index contributed by atoms with van der Waals surface area (Å²) in [6.07, 6.45) is 0.984. The van der Waals surface area contributed by atoms with Crippen LogP contribution in [0.2, 0.25) is 0 Å². The van der Waals surface area contributed by atoms with E-state index in [4.69, 9.17) is 9.47 Å². The highest BCUT2D eigenvalue weighted by atomic mass is 32.1. The zero-order valence-corrected chi connectivity index (χ0v) is 13.9. The Morgan fingerprint density at radius 3 is 2.64 bits per heavy atom. The number of nitrogens with one attached hydrogen (secondary N) is 1.